The van der Waals surface area contributed by atoms with Crippen molar-refractivity contribution in [1.29, 1.82) is 0 Å². The van der Waals surface area contributed by atoms with Gasteiger partial charge in [0.2, 0.25) is 11.4 Å². The van der Waals surface area contributed by atoms with Gasteiger partial charge in [-0.3, -0.25) is 0 Å². The summed E-state index contributed by atoms with van der Waals surface area (Å²) in [6.07, 6.45) is 5.49. The van der Waals surface area contributed by atoms with Crippen LogP contribution in [0.15, 0.2) is 52.9 Å². The van der Waals surface area contributed by atoms with E-state index in [1.165, 1.54) is 0 Å². The Morgan fingerprint density at radius 1 is 1.09 bits per heavy atom. The number of rotatable bonds is 5. The van der Waals surface area contributed by atoms with E-state index in [1.807, 2.05) is 50.2 Å². The van der Waals surface area contributed by atoms with Crippen molar-refractivity contribution in [3.8, 4) is 34.9 Å². The number of carbonyl (C=O) groups excluding carboxylic acids is 1. The van der Waals surface area contributed by atoms with Crippen LogP contribution in [0.1, 0.15) is 35.3 Å². The van der Waals surface area contributed by atoms with Crippen LogP contribution in [0, 0.1) is 26.3 Å². The standard InChI is InChI=1S/C28H26N2O3/c1-6-29-23-15-25-21(13-17(23)4)27(19-11-9-10-12-20(19)28(31)32-8-3)22-14-18(5)24(30-7-2)16-26(22)33-25/h1,9-16,30H,7-8H2,2-5H3/p+1. The van der Waals surface area contributed by atoms with Crippen molar-refractivity contribution >= 4 is 22.6 Å². The number of terminal acetylenes is 1. The summed E-state index contributed by atoms with van der Waals surface area (Å²) >= 11 is 0. The summed E-state index contributed by atoms with van der Waals surface area (Å²) in [5.74, 6) is 0.323. The first-order valence-corrected chi connectivity index (χ1v) is 11.0. The van der Waals surface area contributed by atoms with Crippen LogP contribution in [0.4, 0.5) is 5.69 Å². The second-order valence-corrected chi connectivity index (χ2v) is 7.87. The minimum atomic E-state index is -0.349. The monoisotopic (exact) mass is 439 g/mol. The molecule has 0 aromatic heterocycles. The number of anilines is 1. The Balaban J connectivity index is 2.17. The molecule has 0 radical (unpaired) electrons. The molecule has 0 fully saturated rings. The molecule has 0 saturated heterocycles. The molecule has 2 aliphatic rings. The number of hydrogen-bond acceptors (Lipinski definition) is 4. The van der Waals surface area contributed by atoms with Crippen LogP contribution in [0.5, 0.6) is 0 Å². The third kappa shape index (κ3) is 4.08. The van der Waals surface area contributed by atoms with E-state index in [0.29, 0.717) is 23.5 Å². The van der Waals surface area contributed by atoms with Crippen LogP contribution in [0.25, 0.3) is 33.4 Å². The van der Waals surface area contributed by atoms with Crippen LogP contribution in [0.3, 0.4) is 0 Å². The Hall–Kier alpha value is -4.04. The summed E-state index contributed by atoms with van der Waals surface area (Å²) in [4.78, 5) is 15.8. The van der Waals surface area contributed by atoms with Crippen molar-refractivity contribution in [2.45, 2.75) is 27.7 Å². The van der Waals surface area contributed by atoms with Crippen molar-refractivity contribution in [2.24, 2.45) is 0 Å². The quantitative estimate of drug-likeness (QED) is 0.214. The van der Waals surface area contributed by atoms with Gasteiger partial charge >= 0.3 is 5.97 Å². The molecule has 0 bridgehead atoms. The molecule has 5 heteroatoms. The number of fused-ring (bicyclic) bond motifs is 2. The Morgan fingerprint density at radius 2 is 1.88 bits per heavy atom. The number of esters is 1. The largest absolute Gasteiger partial charge is 0.462 e. The van der Waals surface area contributed by atoms with E-state index in [4.69, 9.17) is 15.6 Å². The van der Waals surface area contributed by atoms with Crippen molar-refractivity contribution in [2.75, 3.05) is 18.5 Å². The molecular weight excluding hydrogens is 412 g/mol. The maximum atomic E-state index is 12.8. The Morgan fingerprint density at radius 3 is 2.61 bits per heavy atom. The highest BCUT2D eigenvalue weighted by atomic mass is 16.5. The first-order chi connectivity index (χ1) is 16.0. The second kappa shape index (κ2) is 9.22. The zero-order chi connectivity index (χ0) is 23.5. The summed E-state index contributed by atoms with van der Waals surface area (Å²) in [7, 11) is 0. The van der Waals surface area contributed by atoms with Gasteiger partial charge in [0, 0.05) is 40.4 Å². The maximum Gasteiger partial charge on any atom is 0.338 e. The van der Waals surface area contributed by atoms with Crippen molar-refractivity contribution < 1.29 is 18.9 Å². The average molecular weight is 440 g/mol. The minimum Gasteiger partial charge on any atom is -0.462 e. The van der Waals surface area contributed by atoms with E-state index in [0.717, 1.165) is 50.8 Å². The topological polar surface area (TPSA) is 65.4 Å². The van der Waals surface area contributed by atoms with Crippen LogP contribution >= 0.6 is 0 Å². The molecule has 4 rings (SSSR count). The molecule has 166 valence electrons. The Labute approximate surface area is 193 Å². The second-order valence-electron chi connectivity index (χ2n) is 7.87. The van der Waals surface area contributed by atoms with Crippen molar-refractivity contribution in [3.05, 3.63) is 70.6 Å². The van der Waals surface area contributed by atoms with E-state index in [-0.39, 0.29) is 5.97 Å². The molecule has 0 saturated carbocycles. The predicted octanol–water partition coefficient (Wildman–Crippen LogP) is 4.00. The van der Waals surface area contributed by atoms with Crippen molar-refractivity contribution in [1.82, 2.24) is 0 Å². The molecule has 2 aromatic carbocycles. The van der Waals surface area contributed by atoms with Gasteiger partial charge in [0.25, 0.3) is 0 Å². The third-order valence-corrected chi connectivity index (χ3v) is 5.68. The van der Waals surface area contributed by atoms with E-state index in [2.05, 4.69) is 36.3 Å². The molecule has 5 nitrogen and oxygen atoms in total. The molecule has 33 heavy (non-hydrogen) atoms. The number of nitrogens with one attached hydrogen (secondary N) is 2. The number of aryl methyl sites for hydroxylation is 2. The highest BCUT2D eigenvalue weighted by Crippen LogP contribution is 2.42. The van der Waals surface area contributed by atoms with E-state index in [1.54, 1.807) is 6.07 Å². The predicted molar refractivity (Wildman–Crippen MR) is 131 cm³/mol. The number of benzene rings is 3. The lowest BCUT2D eigenvalue weighted by Gasteiger charge is -2.19. The molecule has 1 heterocycles. The molecule has 1 aliphatic heterocycles. The first-order valence-electron chi connectivity index (χ1n) is 11.0. The minimum absolute atomic E-state index is 0.310. The maximum absolute atomic E-state index is 12.8. The fraction of sp³-hybridized carbons (Fsp3) is 0.214. The van der Waals surface area contributed by atoms with E-state index >= 15 is 0 Å². The lowest BCUT2D eigenvalue weighted by molar-refractivity contribution is -0.396. The number of ether oxygens (including phenoxy) is 1. The lowest BCUT2D eigenvalue weighted by Crippen LogP contribution is -2.71. The van der Waals surface area contributed by atoms with Crippen LogP contribution in [-0.2, 0) is 4.74 Å². The summed E-state index contributed by atoms with van der Waals surface area (Å²) in [5, 5.41) is 5.12. The molecule has 0 atom stereocenters. The van der Waals surface area contributed by atoms with Gasteiger partial charge < -0.3 is 14.5 Å². The van der Waals surface area contributed by atoms with Gasteiger partial charge in [0.1, 0.15) is 11.3 Å². The molecule has 0 amide bonds. The Kier molecular flexibility index (Phi) is 6.19. The highest BCUT2D eigenvalue weighted by molar-refractivity contribution is 6.08. The molecule has 1 aliphatic carbocycles. The van der Waals surface area contributed by atoms with Crippen LogP contribution in [-0.4, -0.2) is 19.1 Å². The number of hydrogen-bond donors (Lipinski definition) is 2. The average Bonchev–Trinajstić information content (AvgIpc) is 2.80. The van der Waals surface area contributed by atoms with Crippen molar-refractivity contribution in [3.63, 3.8) is 0 Å². The fourth-order valence-electron chi connectivity index (χ4n) is 4.17. The smallest absolute Gasteiger partial charge is 0.338 e. The lowest BCUT2D eigenvalue weighted by atomic mass is 9.89. The third-order valence-electron chi connectivity index (χ3n) is 5.68. The first kappa shape index (κ1) is 22.2. The van der Waals surface area contributed by atoms with E-state index in [9.17, 15) is 4.79 Å². The summed E-state index contributed by atoms with van der Waals surface area (Å²) in [6, 6.07) is 18.1. The number of carbonyl (C=O) groups is 1. The summed E-state index contributed by atoms with van der Waals surface area (Å²) < 4.78 is 11.7. The molecule has 0 spiro atoms. The molecule has 2 aromatic rings. The van der Waals surface area contributed by atoms with Gasteiger partial charge in [-0.1, -0.05) is 18.2 Å². The van der Waals surface area contributed by atoms with Crippen LogP contribution < -0.4 is 15.7 Å². The van der Waals surface area contributed by atoms with Gasteiger partial charge in [-0.2, -0.15) is 4.99 Å². The van der Waals surface area contributed by atoms with Gasteiger partial charge in [0.05, 0.1) is 18.2 Å². The molecule has 0 unspecified atom stereocenters. The zero-order valence-electron chi connectivity index (χ0n) is 19.3. The normalized spacial score (nSPS) is 11.5. The molecule has 2 N–H and O–H groups in total. The fourth-order valence-corrected chi connectivity index (χ4v) is 4.17. The van der Waals surface area contributed by atoms with Crippen LogP contribution in [0.2, 0.25) is 0 Å². The van der Waals surface area contributed by atoms with E-state index < -0.39 is 0 Å². The molecular formula is C28H27N2O3+. The zero-order valence-corrected chi connectivity index (χ0v) is 19.3. The Bertz CT molecular complexity index is 1440. The van der Waals surface area contributed by atoms with Gasteiger partial charge in [0.15, 0.2) is 0 Å². The van der Waals surface area contributed by atoms with Gasteiger partial charge in [-0.05, 0) is 63.4 Å². The summed E-state index contributed by atoms with van der Waals surface area (Å²) in [6.45, 7) is 9.03. The highest BCUT2D eigenvalue weighted by Gasteiger charge is 2.23. The summed E-state index contributed by atoms with van der Waals surface area (Å²) in [5.41, 5.74) is 6.94. The van der Waals surface area contributed by atoms with Gasteiger partial charge in [-0.25, -0.2) is 4.79 Å². The van der Waals surface area contributed by atoms with Gasteiger partial charge in [-0.15, -0.1) is 0 Å². The SMILES string of the molecule is C#C[NH+]=c1cc2oc3cc(NCC)c(C)cc3c(-c3ccccc3C(=O)OCC)c-2cc1C.